The first kappa shape index (κ1) is 13.9. The molecule has 1 atom stereocenters. The molecule has 2 aromatic rings. The first-order valence-corrected chi connectivity index (χ1v) is 7.38. The van der Waals surface area contributed by atoms with Crippen LogP contribution >= 0.6 is 34.8 Å². The van der Waals surface area contributed by atoms with Gasteiger partial charge in [0, 0.05) is 23.0 Å². The molecular formula is C15H12Cl3NO. The number of anilines is 1. The Morgan fingerprint density at radius 1 is 1.10 bits per heavy atom. The standard InChI is InChI=1S/C15H12Cl3NO/c16-10-5-12(17)15(13(18)6-10)19-7-9-8-20-14-4-2-1-3-11(9)14/h1-6,9,19H,7-8H2. The topological polar surface area (TPSA) is 21.3 Å². The van der Waals surface area contributed by atoms with E-state index in [1.807, 2.05) is 18.2 Å². The number of ether oxygens (including phenoxy) is 1. The van der Waals surface area contributed by atoms with E-state index in [1.54, 1.807) is 12.1 Å². The molecule has 0 saturated heterocycles. The van der Waals surface area contributed by atoms with E-state index in [9.17, 15) is 0 Å². The second-order valence-electron chi connectivity index (χ2n) is 4.67. The van der Waals surface area contributed by atoms with E-state index in [2.05, 4.69) is 11.4 Å². The van der Waals surface area contributed by atoms with Crippen molar-refractivity contribution in [1.29, 1.82) is 0 Å². The van der Waals surface area contributed by atoms with Crippen LogP contribution in [0.15, 0.2) is 36.4 Å². The molecule has 1 unspecified atom stereocenters. The molecule has 0 spiro atoms. The summed E-state index contributed by atoms with van der Waals surface area (Å²) in [6.45, 7) is 1.37. The number of para-hydroxylation sites is 1. The van der Waals surface area contributed by atoms with Crippen LogP contribution in [0.2, 0.25) is 15.1 Å². The lowest BCUT2D eigenvalue weighted by Crippen LogP contribution is -2.14. The fraction of sp³-hybridized carbons (Fsp3) is 0.200. The zero-order chi connectivity index (χ0) is 14.1. The Hall–Kier alpha value is -1.09. The van der Waals surface area contributed by atoms with Crippen molar-refractivity contribution in [2.75, 3.05) is 18.5 Å². The van der Waals surface area contributed by atoms with Crippen molar-refractivity contribution in [2.45, 2.75) is 5.92 Å². The van der Waals surface area contributed by atoms with Crippen molar-refractivity contribution in [3.8, 4) is 5.75 Å². The van der Waals surface area contributed by atoms with Gasteiger partial charge in [0.1, 0.15) is 5.75 Å². The third kappa shape index (κ3) is 2.69. The normalized spacial score (nSPS) is 16.6. The maximum absolute atomic E-state index is 6.16. The molecule has 0 saturated carbocycles. The van der Waals surface area contributed by atoms with Crippen molar-refractivity contribution in [3.05, 3.63) is 57.0 Å². The molecule has 1 aliphatic heterocycles. The maximum Gasteiger partial charge on any atom is 0.122 e. The molecule has 104 valence electrons. The summed E-state index contributed by atoms with van der Waals surface area (Å²) in [5, 5.41) is 4.86. The predicted octanol–water partition coefficient (Wildman–Crippen LogP) is 5.23. The van der Waals surface area contributed by atoms with Crippen LogP contribution in [0.25, 0.3) is 0 Å². The lowest BCUT2D eigenvalue weighted by Gasteiger charge is -2.14. The molecule has 1 aliphatic rings. The molecule has 2 aromatic carbocycles. The monoisotopic (exact) mass is 327 g/mol. The molecule has 1 heterocycles. The van der Waals surface area contributed by atoms with Crippen molar-refractivity contribution in [1.82, 2.24) is 0 Å². The number of rotatable bonds is 3. The van der Waals surface area contributed by atoms with Gasteiger partial charge in [0.2, 0.25) is 0 Å². The summed E-state index contributed by atoms with van der Waals surface area (Å²) < 4.78 is 5.65. The number of nitrogens with one attached hydrogen (secondary N) is 1. The van der Waals surface area contributed by atoms with Gasteiger partial charge in [-0.1, -0.05) is 53.0 Å². The SMILES string of the molecule is Clc1cc(Cl)c(NCC2COc3ccccc32)c(Cl)c1. The average molecular weight is 329 g/mol. The van der Waals surface area contributed by atoms with E-state index in [-0.39, 0.29) is 5.92 Å². The third-order valence-electron chi connectivity index (χ3n) is 3.33. The Morgan fingerprint density at radius 3 is 2.55 bits per heavy atom. The van der Waals surface area contributed by atoms with Crippen LogP contribution in [0.5, 0.6) is 5.75 Å². The minimum absolute atomic E-state index is 0.286. The van der Waals surface area contributed by atoms with Gasteiger partial charge in [-0.3, -0.25) is 0 Å². The Balaban J connectivity index is 1.76. The Labute approximate surface area is 132 Å². The zero-order valence-electron chi connectivity index (χ0n) is 10.5. The summed E-state index contributed by atoms with van der Waals surface area (Å²) in [7, 11) is 0. The summed E-state index contributed by atoms with van der Waals surface area (Å²) in [5.41, 5.74) is 1.92. The molecule has 5 heteroatoms. The Kier molecular flexibility index (Phi) is 3.97. The van der Waals surface area contributed by atoms with Gasteiger partial charge < -0.3 is 10.1 Å². The number of fused-ring (bicyclic) bond motifs is 1. The number of hydrogen-bond acceptors (Lipinski definition) is 2. The van der Waals surface area contributed by atoms with E-state index in [1.165, 1.54) is 5.56 Å². The number of hydrogen-bond donors (Lipinski definition) is 1. The fourth-order valence-corrected chi connectivity index (χ4v) is 3.29. The highest BCUT2D eigenvalue weighted by Crippen LogP contribution is 2.36. The molecule has 2 nitrogen and oxygen atoms in total. The second kappa shape index (κ2) is 5.72. The van der Waals surface area contributed by atoms with E-state index in [0.29, 0.717) is 33.9 Å². The van der Waals surface area contributed by atoms with E-state index in [0.717, 1.165) is 5.75 Å². The summed E-state index contributed by atoms with van der Waals surface area (Å²) >= 11 is 18.2. The summed E-state index contributed by atoms with van der Waals surface area (Å²) in [5.74, 6) is 1.24. The molecule has 1 N–H and O–H groups in total. The van der Waals surface area contributed by atoms with Gasteiger partial charge in [0.25, 0.3) is 0 Å². The summed E-state index contributed by atoms with van der Waals surface area (Å²) in [6, 6.07) is 11.4. The molecule has 0 fully saturated rings. The smallest absolute Gasteiger partial charge is 0.122 e. The van der Waals surface area contributed by atoms with Crippen LogP contribution in [0.4, 0.5) is 5.69 Å². The highest BCUT2D eigenvalue weighted by molar-refractivity contribution is 6.41. The minimum atomic E-state index is 0.286. The van der Waals surface area contributed by atoms with Gasteiger partial charge in [0.15, 0.2) is 0 Å². The Bertz CT molecular complexity index is 622. The highest BCUT2D eigenvalue weighted by Gasteiger charge is 2.23. The largest absolute Gasteiger partial charge is 0.493 e. The van der Waals surface area contributed by atoms with Crippen molar-refractivity contribution < 1.29 is 4.74 Å². The molecule has 0 bridgehead atoms. The summed E-state index contributed by atoms with van der Waals surface area (Å²) in [6.07, 6.45) is 0. The third-order valence-corrected chi connectivity index (χ3v) is 4.15. The molecular weight excluding hydrogens is 317 g/mol. The van der Waals surface area contributed by atoms with Crippen LogP contribution in [0, 0.1) is 0 Å². The fourth-order valence-electron chi connectivity index (χ4n) is 2.33. The van der Waals surface area contributed by atoms with Gasteiger partial charge in [-0.15, -0.1) is 0 Å². The maximum atomic E-state index is 6.16. The van der Waals surface area contributed by atoms with E-state index in [4.69, 9.17) is 39.5 Å². The lowest BCUT2D eigenvalue weighted by molar-refractivity contribution is 0.334. The van der Waals surface area contributed by atoms with Crippen LogP contribution in [0.1, 0.15) is 11.5 Å². The van der Waals surface area contributed by atoms with Crippen molar-refractivity contribution in [2.24, 2.45) is 0 Å². The molecule has 0 radical (unpaired) electrons. The van der Waals surface area contributed by atoms with Crippen LogP contribution in [0.3, 0.4) is 0 Å². The summed E-state index contributed by atoms with van der Waals surface area (Å²) in [4.78, 5) is 0. The van der Waals surface area contributed by atoms with Crippen LogP contribution in [-0.4, -0.2) is 13.2 Å². The Morgan fingerprint density at radius 2 is 1.80 bits per heavy atom. The van der Waals surface area contributed by atoms with Crippen molar-refractivity contribution in [3.63, 3.8) is 0 Å². The van der Waals surface area contributed by atoms with Gasteiger partial charge >= 0.3 is 0 Å². The minimum Gasteiger partial charge on any atom is -0.493 e. The van der Waals surface area contributed by atoms with Gasteiger partial charge in [0.05, 0.1) is 22.3 Å². The van der Waals surface area contributed by atoms with E-state index >= 15 is 0 Å². The van der Waals surface area contributed by atoms with Crippen LogP contribution in [-0.2, 0) is 0 Å². The van der Waals surface area contributed by atoms with Gasteiger partial charge in [-0.05, 0) is 18.2 Å². The van der Waals surface area contributed by atoms with Crippen molar-refractivity contribution >= 4 is 40.5 Å². The first-order valence-electron chi connectivity index (χ1n) is 6.25. The number of benzene rings is 2. The lowest BCUT2D eigenvalue weighted by atomic mass is 10.0. The van der Waals surface area contributed by atoms with Gasteiger partial charge in [-0.2, -0.15) is 0 Å². The first-order chi connectivity index (χ1) is 9.65. The average Bonchev–Trinajstić information content (AvgIpc) is 2.81. The zero-order valence-corrected chi connectivity index (χ0v) is 12.8. The quantitative estimate of drug-likeness (QED) is 0.832. The molecule has 0 aromatic heterocycles. The number of halogens is 3. The second-order valence-corrected chi connectivity index (χ2v) is 5.92. The molecule has 0 amide bonds. The molecule has 0 aliphatic carbocycles. The van der Waals surface area contributed by atoms with Gasteiger partial charge in [-0.25, -0.2) is 0 Å². The van der Waals surface area contributed by atoms with E-state index < -0.39 is 0 Å². The predicted molar refractivity (Wildman–Crippen MR) is 84.6 cm³/mol. The molecule has 20 heavy (non-hydrogen) atoms. The highest BCUT2D eigenvalue weighted by atomic mass is 35.5. The molecule has 3 rings (SSSR count). The van der Waals surface area contributed by atoms with Crippen LogP contribution < -0.4 is 10.1 Å².